The number of carbonyl (C=O) groups excluding carboxylic acids is 1. The van der Waals surface area contributed by atoms with Crippen molar-refractivity contribution in [3.8, 4) is 0 Å². The predicted octanol–water partition coefficient (Wildman–Crippen LogP) is 2.38. The van der Waals surface area contributed by atoms with E-state index in [1.54, 1.807) is 0 Å². The highest BCUT2D eigenvalue weighted by Gasteiger charge is 2.23. The molecule has 1 fully saturated rings. The van der Waals surface area contributed by atoms with Crippen LogP contribution in [0.2, 0.25) is 0 Å². The zero-order valence-electron chi connectivity index (χ0n) is 11.3. The van der Waals surface area contributed by atoms with E-state index in [1.807, 2.05) is 17.9 Å². The zero-order chi connectivity index (χ0) is 13.0. The van der Waals surface area contributed by atoms with E-state index in [-0.39, 0.29) is 5.92 Å². The Morgan fingerprint density at radius 1 is 1.17 bits per heavy atom. The van der Waals surface area contributed by atoms with Gasteiger partial charge in [-0.1, -0.05) is 32.0 Å². The lowest BCUT2D eigenvalue weighted by Crippen LogP contribution is -2.50. The molecule has 0 aromatic heterocycles. The number of para-hydroxylation sites is 1. The van der Waals surface area contributed by atoms with E-state index in [0.29, 0.717) is 5.91 Å². The minimum atomic E-state index is 0.160. The minimum Gasteiger partial charge on any atom is -0.368 e. The molecule has 1 aliphatic rings. The Bertz CT molecular complexity index is 383. The Labute approximate surface area is 109 Å². The van der Waals surface area contributed by atoms with Gasteiger partial charge in [0.25, 0.3) is 0 Å². The first-order valence-electron chi connectivity index (χ1n) is 6.81. The number of rotatable bonds is 3. The molecule has 0 saturated carbocycles. The number of hydrogen-bond acceptors (Lipinski definition) is 2. The third-order valence-corrected chi connectivity index (χ3v) is 3.75. The van der Waals surface area contributed by atoms with E-state index >= 15 is 0 Å². The molecule has 1 heterocycles. The molecule has 1 atom stereocenters. The number of anilines is 1. The molecule has 18 heavy (non-hydrogen) atoms. The zero-order valence-corrected chi connectivity index (χ0v) is 11.3. The standard InChI is InChI=1S/C15H22N2O/c1-3-13(2)15(18)17-11-9-16(10-12-17)14-7-5-4-6-8-14/h4-8,13H,3,9-12H2,1-2H3. The summed E-state index contributed by atoms with van der Waals surface area (Å²) in [6, 6.07) is 10.4. The summed E-state index contributed by atoms with van der Waals surface area (Å²) < 4.78 is 0. The third kappa shape index (κ3) is 2.84. The van der Waals surface area contributed by atoms with Crippen LogP contribution in [-0.2, 0) is 4.79 Å². The quantitative estimate of drug-likeness (QED) is 0.817. The van der Waals surface area contributed by atoms with Gasteiger partial charge in [0.05, 0.1) is 0 Å². The van der Waals surface area contributed by atoms with E-state index in [9.17, 15) is 4.79 Å². The fraction of sp³-hybridized carbons (Fsp3) is 0.533. The summed E-state index contributed by atoms with van der Waals surface area (Å²) in [6.45, 7) is 7.66. The largest absolute Gasteiger partial charge is 0.368 e. The Kier molecular flexibility index (Phi) is 4.24. The molecule has 0 spiro atoms. The van der Waals surface area contributed by atoms with Gasteiger partial charge in [0.1, 0.15) is 0 Å². The minimum absolute atomic E-state index is 0.160. The first kappa shape index (κ1) is 12.9. The van der Waals surface area contributed by atoms with Gasteiger partial charge in [-0.3, -0.25) is 4.79 Å². The molecule has 0 N–H and O–H groups in total. The molecule has 1 aromatic rings. The van der Waals surface area contributed by atoms with Gasteiger partial charge in [0, 0.05) is 37.8 Å². The Morgan fingerprint density at radius 3 is 2.33 bits per heavy atom. The Morgan fingerprint density at radius 2 is 1.78 bits per heavy atom. The van der Waals surface area contributed by atoms with Crippen LogP contribution < -0.4 is 4.90 Å². The van der Waals surface area contributed by atoms with Gasteiger partial charge in [-0.05, 0) is 18.6 Å². The highest BCUT2D eigenvalue weighted by atomic mass is 16.2. The maximum absolute atomic E-state index is 12.1. The lowest BCUT2D eigenvalue weighted by Gasteiger charge is -2.37. The van der Waals surface area contributed by atoms with Crippen molar-refractivity contribution in [2.24, 2.45) is 5.92 Å². The summed E-state index contributed by atoms with van der Waals surface area (Å²) in [7, 11) is 0. The van der Waals surface area contributed by atoms with Crippen molar-refractivity contribution < 1.29 is 4.79 Å². The lowest BCUT2D eigenvalue weighted by atomic mass is 10.1. The summed E-state index contributed by atoms with van der Waals surface area (Å²) >= 11 is 0. The fourth-order valence-corrected chi connectivity index (χ4v) is 2.31. The second-order valence-electron chi connectivity index (χ2n) is 4.96. The van der Waals surface area contributed by atoms with E-state index in [2.05, 4.69) is 36.1 Å². The maximum Gasteiger partial charge on any atom is 0.225 e. The smallest absolute Gasteiger partial charge is 0.225 e. The van der Waals surface area contributed by atoms with Crippen LogP contribution in [0.5, 0.6) is 0 Å². The first-order chi connectivity index (χ1) is 8.72. The van der Waals surface area contributed by atoms with E-state index in [4.69, 9.17) is 0 Å². The fourth-order valence-electron chi connectivity index (χ4n) is 2.31. The van der Waals surface area contributed by atoms with Gasteiger partial charge < -0.3 is 9.80 Å². The van der Waals surface area contributed by atoms with Gasteiger partial charge in [0.2, 0.25) is 5.91 Å². The highest BCUT2D eigenvalue weighted by molar-refractivity contribution is 5.78. The molecule has 2 rings (SSSR count). The van der Waals surface area contributed by atoms with Crippen molar-refractivity contribution in [1.29, 1.82) is 0 Å². The average molecular weight is 246 g/mol. The molecule has 0 bridgehead atoms. The van der Waals surface area contributed by atoms with Crippen molar-refractivity contribution in [3.63, 3.8) is 0 Å². The summed E-state index contributed by atoms with van der Waals surface area (Å²) in [5.41, 5.74) is 1.26. The number of nitrogens with zero attached hydrogens (tertiary/aromatic N) is 2. The maximum atomic E-state index is 12.1. The third-order valence-electron chi connectivity index (χ3n) is 3.75. The second kappa shape index (κ2) is 5.89. The predicted molar refractivity (Wildman–Crippen MR) is 74.7 cm³/mol. The van der Waals surface area contributed by atoms with Gasteiger partial charge in [-0.15, -0.1) is 0 Å². The normalized spacial score (nSPS) is 17.7. The molecule has 1 aliphatic heterocycles. The van der Waals surface area contributed by atoms with Crippen LogP contribution in [0.15, 0.2) is 30.3 Å². The van der Waals surface area contributed by atoms with Crippen LogP contribution in [0.25, 0.3) is 0 Å². The van der Waals surface area contributed by atoms with Gasteiger partial charge in [-0.25, -0.2) is 0 Å². The SMILES string of the molecule is CCC(C)C(=O)N1CCN(c2ccccc2)CC1. The summed E-state index contributed by atoms with van der Waals surface area (Å²) in [4.78, 5) is 16.4. The number of carbonyl (C=O) groups is 1. The molecule has 0 radical (unpaired) electrons. The van der Waals surface area contributed by atoms with Crippen molar-refractivity contribution in [1.82, 2.24) is 4.90 Å². The molecule has 0 aliphatic carbocycles. The molecule has 98 valence electrons. The number of benzene rings is 1. The topological polar surface area (TPSA) is 23.6 Å². The molecule has 1 saturated heterocycles. The second-order valence-corrected chi connectivity index (χ2v) is 4.96. The number of amides is 1. The monoisotopic (exact) mass is 246 g/mol. The summed E-state index contributed by atoms with van der Waals surface area (Å²) in [5, 5.41) is 0. The van der Waals surface area contributed by atoms with Gasteiger partial charge >= 0.3 is 0 Å². The van der Waals surface area contributed by atoms with Crippen LogP contribution in [0.1, 0.15) is 20.3 Å². The highest BCUT2D eigenvalue weighted by Crippen LogP contribution is 2.17. The molecule has 1 amide bonds. The van der Waals surface area contributed by atoms with Gasteiger partial charge in [-0.2, -0.15) is 0 Å². The molecule has 1 unspecified atom stereocenters. The lowest BCUT2D eigenvalue weighted by molar-refractivity contribution is -0.135. The number of hydrogen-bond donors (Lipinski definition) is 0. The van der Waals surface area contributed by atoms with Crippen LogP contribution in [-0.4, -0.2) is 37.0 Å². The average Bonchev–Trinajstić information content (AvgIpc) is 2.47. The van der Waals surface area contributed by atoms with Crippen molar-refractivity contribution in [2.45, 2.75) is 20.3 Å². The molecule has 3 heteroatoms. The summed E-state index contributed by atoms with van der Waals surface area (Å²) in [5.74, 6) is 0.471. The van der Waals surface area contributed by atoms with Crippen LogP contribution in [0.3, 0.4) is 0 Å². The van der Waals surface area contributed by atoms with Crippen LogP contribution in [0.4, 0.5) is 5.69 Å². The first-order valence-corrected chi connectivity index (χ1v) is 6.81. The van der Waals surface area contributed by atoms with Crippen molar-refractivity contribution in [3.05, 3.63) is 30.3 Å². The summed E-state index contributed by atoms with van der Waals surface area (Å²) in [6.07, 6.45) is 0.928. The van der Waals surface area contributed by atoms with Crippen molar-refractivity contribution >= 4 is 11.6 Å². The van der Waals surface area contributed by atoms with E-state index in [1.165, 1.54) is 5.69 Å². The molecular weight excluding hydrogens is 224 g/mol. The molecular formula is C15H22N2O. The van der Waals surface area contributed by atoms with E-state index < -0.39 is 0 Å². The van der Waals surface area contributed by atoms with Crippen LogP contribution in [0, 0.1) is 5.92 Å². The number of piperazine rings is 1. The van der Waals surface area contributed by atoms with Crippen LogP contribution >= 0.6 is 0 Å². The van der Waals surface area contributed by atoms with Crippen molar-refractivity contribution in [2.75, 3.05) is 31.1 Å². The van der Waals surface area contributed by atoms with Gasteiger partial charge in [0.15, 0.2) is 0 Å². The Hall–Kier alpha value is -1.51. The Balaban J connectivity index is 1.90. The molecule has 3 nitrogen and oxygen atoms in total. The molecule has 1 aromatic carbocycles. The van der Waals surface area contributed by atoms with E-state index in [0.717, 1.165) is 32.6 Å².